The summed E-state index contributed by atoms with van der Waals surface area (Å²) < 4.78 is 5.20. The Bertz CT molecular complexity index is 653. The van der Waals surface area contributed by atoms with Crippen LogP contribution in [0.15, 0.2) is 42.5 Å². The molecular formula is C17H20N2O2. The molecule has 4 heteroatoms. The van der Waals surface area contributed by atoms with Crippen LogP contribution in [0, 0.1) is 6.92 Å². The van der Waals surface area contributed by atoms with Gasteiger partial charge in [0.2, 0.25) is 0 Å². The van der Waals surface area contributed by atoms with E-state index in [4.69, 9.17) is 4.74 Å². The van der Waals surface area contributed by atoms with Crippen LogP contribution in [0.25, 0.3) is 0 Å². The predicted octanol–water partition coefficient (Wildman–Crippen LogP) is 3.32. The summed E-state index contributed by atoms with van der Waals surface area (Å²) in [6.45, 7) is 1.94. The molecule has 0 aliphatic rings. The number of rotatable bonds is 4. The lowest BCUT2D eigenvalue weighted by atomic mass is 10.1. The number of carbonyl (C=O) groups excluding carboxylic acids is 1. The molecule has 110 valence electrons. The molecule has 2 aromatic carbocycles. The maximum absolute atomic E-state index is 12.6. The predicted molar refractivity (Wildman–Crippen MR) is 86.5 cm³/mol. The van der Waals surface area contributed by atoms with Crippen LogP contribution < -0.4 is 15.0 Å². The number of hydrogen-bond donors (Lipinski definition) is 1. The van der Waals surface area contributed by atoms with Crippen molar-refractivity contribution < 1.29 is 9.53 Å². The Labute approximate surface area is 125 Å². The highest BCUT2D eigenvalue weighted by Gasteiger charge is 2.16. The Hall–Kier alpha value is -2.49. The van der Waals surface area contributed by atoms with E-state index in [1.807, 2.05) is 56.4 Å². The first-order chi connectivity index (χ1) is 10.1. The third-order valence-corrected chi connectivity index (χ3v) is 3.49. The van der Waals surface area contributed by atoms with Crippen molar-refractivity contribution >= 4 is 17.3 Å². The van der Waals surface area contributed by atoms with Gasteiger partial charge in [0, 0.05) is 37.1 Å². The number of carbonyl (C=O) groups is 1. The molecule has 0 unspecified atom stereocenters. The molecule has 4 nitrogen and oxygen atoms in total. The highest BCUT2D eigenvalue weighted by Crippen LogP contribution is 2.23. The first-order valence-corrected chi connectivity index (χ1v) is 6.77. The van der Waals surface area contributed by atoms with Gasteiger partial charge in [-0.1, -0.05) is 6.07 Å². The molecule has 1 N–H and O–H groups in total. The fourth-order valence-electron chi connectivity index (χ4n) is 2.18. The molecule has 0 aliphatic carbocycles. The van der Waals surface area contributed by atoms with Gasteiger partial charge in [-0.15, -0.1) is 0 Å². The Morgan fingerprint density at radius 2 is 1.95 bits per heavy atom. The highest BCUT2D eigenvalue weighted by molar-refractivity contribution is 6.07. The maximum atomic E-state index is 12.6. The molecule has 21 heavy (non-hydrogen) atoms. The van der Waals surface area contributed by atoms with E-state index in [1.165, 1.54) is 0 Å². The van der Waals surface area contributed by atoms with Gasteiger partial charge in [0.15, 0.2) is 0 Å². The SMILES string of the molecule is CNc1ccc(C(=O)N(C)c2cccc(OC)c2)c(C)c1. The van der Waals surface area contributed by atoms with Gasteiger partial charge in [-0.2, -0.15) is 0 Å². The molecule has 0 aliphatic heterocycles. The summed E-state index contributed by atoms with van der Waals surface area (Å²) >= 11 is 0. The van der Waals surface area contributed by atoms with E-state index in [2.05, 4.69) is 5.32 Å². The third-order valence-electron chi connectivity index (χ3n) is 3.49. The van der Waals surface area contributed by atoms with Crippen LogP contribution in [0.4, 0.5) is 11.4 Å². The van der Waals surface area contributed by atoms with Gasteiger partial charge in [0.1, 0.15) is 5.75 Å². The number of amides is 1. The number of nitrogens with zero attached hydrogens (tertiary/aromatic N) is 1. The Morgan fingerprint density at radius 1 is 1.19 bits per heavy atom. The lowest BCUT2D eigenvalue weighted by Gasteiger charge is -2.19. The average Bonchev–Trinajstić information content (AvgIpc) is 2.53. The van der Waals surface area contributed by atoms with E-state index in [0.717, 1.165) is 22.7 Å². The molecule has 0 spiro atoms. The van der Waals surface area contributed by atoms with Crippen LogP contribution in [-0.2, 0) is 0 Å². The molecule has 0 saturated carbocycles. The summed E-state index contributed by atoms with van der Waals surface area (Å²) in [5.41, 5.74) is 3.44. The summed E-state index contributed by atoms with van der Waals surface area (Å²) in [7, 11) is 5.24. The molecule has 0 aromatic heterocycles. The smallest absolute Gasteiger partial charge is 0.258 e. The zero-order chi connectivity index (χ0) is 15.4. The van der Waals surface area contributed by atoms with Crippen LogP contribution in [0.3, 0.4) is 0 Å². The first kappa shape index (κ1) is 14.9. The normalized spacial score (nSPS) is 10.1. The molecule has 0 fully saturated rings. The number of benzene rings is 2. The van der Waals surface area contributed by atoms with Crippen LogP contribution in [0.1, 0.15) is 15.9 Å². The Balaban J connectivity index is 2.30. The summed E-state index contributed by atoms with van der Waals surface area (Å²) in [6.07, 6.45) is 0. The Kier molecular flexibility index (Phi) is 4.48. The Morgan fingerprint density at radius 3 is 2.57 bits per heavy atom. The van der Waals surface area contributed by atoms with Crippen LogP contribution >= 0.6 is 0 Å². The van der Waals surface area contributed by atoms with Gasteiger partial charge in [0.05, 0.1) is 7.11 Å². The van der Waals surface area contributed by atoms with Crippen molar-refractivity contribution in [2.45, 2.75) is 6.92 Å². The summed E-state index contributed by atoms with van der Waals surface area (Å²) in [5.74, 6) is 0.692. The molecule has 0 bridgehead atoms. The van der Waals surface area contributed by atoms with Crippen LogP contribution in [0.5, 0.6) is 5.75 Å². The third kappa shape index (κ3) is 3.16. The van der Waals surface area contributed by atoms with E-state index in [0.29, 0.717) is 5.56 Å². The molecule has 0 saturated heterocycles. The van der Waals surface area contributed by atoms with Crippen molar-refractivity contribution in [3.8, 4) is 5.75 Å². The topological polar surface area (TPSA) is 41.6 Å². The average molecular weight is 284 g/mol. The number of nitrogens with one attached hydrogen (secondary N) is 1. The first-order valence-electron chi connectivity index (χ1n) is 6.77. The molecule has 0 radical (unpaired) electrons. The fourth-order valence-corrected chi connectivity index (χ4v) is 2.18. The second-order valence-electron chi connectivity index (χ2n) is 4.85. The molecule has 0 atom stereocenters. The highest BCUT2D eigenvalue weighted by atomic mass is 16.5. The largest absolute Gasteiger partial charge is 0.497 e. The summed E-state index contributed by atoms with van der Waals surface area (Å²) in [6, 6.07) is 13.2. The van der Waals surface area contributed by atoms with Crippen molar-refractivity contribution in [2.75, 3.05) is 31.4 Å². The van der Waals surface area contributed by atoms with Crippen molar-refractivity contribution in [1.82, 2.24) is 0 Å². The lowest BCUT2D eigenvalue weighted by molar-refractivity contribution is 0.0992. The molecule has 1 amide bonds. The zero-order valence-corrected chi connectivity index (χ0v) is 12.8. The molecule has 2 rings (SSSR count). The zero-order valence-electron chi connectivity index (χ0n) is 12.8. The minimum absolute atomic E-state index is 0.0385. The van der Waals surface area contributed by atoms with Gasteiger partial charge < -0.3 is 15.0 Å². The van der Waals surface area contributed by atoms with E-state index in [9.17, 15) is 4.79 Å². The lowest BCUT2D eigenvalue weighted by Crippen LogP contribution is -2.26. The summed E-state index contributed by atoms with van der Waals surface area (Å²) in [4.78, 5) is 14.3. The molecular weight excluding hydrogens is 264 g/mol. The van der Waals surface area contributed by atoms with Crippen LogP contribution in [0.2, 0.25) is 0 Å². The van der Waals surface area contributed by atoms with Crippen molar-refractivity contribution in [2.24, 2.45) is 0 Å². The minimum Gasteiger partial charge on any atom is -0.497 e. The molecule has 2 aromatic rings. The number of aryl methyl sites for hydroxylation is 1. The minimum atomic E-state index is -0.0385. The van der Waals surface area contributed by atoms with Gasteiger partial charge >= 0.3 is 0 Å². The monoisotopic (exact) mass is 284 g/mol. The standard InChI is InChI=1S/C17H20N2O2/c1-12-10-13(18-2)8-9-16(12)17(20)19(3)14-6-5-7-15(11-14)21-4/h5-11,18H,1-4H3. The van der Waals surface area contributed by atoms with E-state index in [1.54, 1.807) is 19.1 Å². The number of anilines is 2. The van der Waals surface area contributed by atoms with Crippen molar-refractivity contribution in [3.05, 3.63) is 53.6 Å². The van der Waals surface area contributed by atoms with Gasteiger partial charge in [-0.25, -0.2) is 0 Å². The second-order valence-corrected chi connectivity index (χ2v) is 4.85. The van der Waals surface area contributed by atoms with E-state index < -0.39 is 0 Å². The van der Waals surface area contributed by atoms with Crippen molar-refractivity contribution in [3.63, 3.8) is 0 Å². The second kappa shape index (κ2) is 6.31. The van der Waals surface area contributed by atoms with Crippen LogP contribution in [-0.4, -0.2) is 27.1 Å². The molecule has 0 heterocycles. The quantitative estimate of drug-likeness (QED) is 0.936. The van der Waals surface area contributed by atoms with E-state index in [-0.39, 0.29) is 5.91 Å². The van der Waals surface area contributed by atoms with Gasteiger partial charge in [-0.3, -0.25) is 4.79 Å². The summed E-state index contributed by atoms with van der Waals surface area (Å²) in [5, 5.41) is 3.07. The number of hydrogen-bond acceptors (Lipinski definition) is 3. The van der Waals surface area contributed by atoms with Gasteiger partial charge in [0.25, 0.3) is 5.91 Å². The van der Waals surface area contributed by atoms with Gasteiger partial charge in [-0.05, 0) is 42.8 Å². The maximum Gasteiger partial charge on any atom is 0.258 e. The van der Waals surface area contributed by atoms with E-state index >= 15 is 0 Å². The number of methoxy groups -OCH3 is 1. The van der Waals surface area contributed by atoms with Crippen molar-refractivity contribution in [1.29, 1.82) is 0 Å². The fraction of sp³-hybridized carbons (Fsp3) is 0.235. The number of ether oxygens (including phenoxy) is 1.